The lowest BCUT2D eigenvalue weighted by Crippen LogP contribution is -1.96. The minimum Gasteiger partial charge on any atom is -0.439 e. The average Bonchev–Trinajstić information content (AvgIpc) is 3.29. The zero-order chi connectivity index (χ0) is 18.5. The van der Waals surface area contributed by atoms with Gasteiger partial charge in [-0.3, -0.25) is 4.57 Å². The lowest BCUT2D eigenvalue weighted by molar-refractivity contribution is 0.645. The predicted molar refractivity (Wildman–Crippen MR) is 116 cm³/mol. The average molecular weight is 359 g/mol. The Labute approximate surface area is 162 Å². The van der Waals surface area contributed by atoms with E-state index in [2.05, 4.69) is 95.6 Å². The molecule has 2 aromatic heterocycles. The fourth-order valence-electron chi connectivity index (χ4n) is 4.21. The molecule has 0 saturated carbocycles. The van der Waals surface area contributed by atoms with Crippen molar-refractivity contribution in [3.63, 3.8) is 0 Å². The number of rotatable bonds is 2. The van der Waals surface area contributed by atoms with Crippen LogP contribution in [0.15, 0.2) is 108 Å². The molecule has 2 nitrogen and oxygen atoms in total. The standard InChI is InChI=1S/C26H17NO/c1-2-10-18(11-3-1)19-12-4-7-15-22(19)27-23-16-8-5-13-20(23)25-21-14-6-9-17-24(21)28-26(25)27/h1-17H. The number of furan rings is 1. The number of fused-ring (bicyclic) bond motifs is 5. The highest BCUT2D eigenvalue weighted by Crippen LogP contribution is 2.40. The van der Waals surface area contributed by atoms with Crippen LogP contribution in [0.1, 0.15) is 0 Å². The van der Waals surface area contributed by atoms with Gasteiger partial charge in [0.25, 0.3) is 0 Å². The van der Waals surface area contributed by atoms with Crippen LogP contribution >= 0.6 is 0 Å². The number of para-hydroxylation sites is 3. The van der Waals surface area contributed by atoms with Crippen molar-refractivity contribution in [2.75, 3.05) is 0 Å². The van der Waals surface area contributed by atoms with Crippen LogP contribution in [0, 0.1) is 0 Å². The molecule has 0 spiro atoms. The summed E-state index contributed by atoms with van der Waals surface area (Å²) in [5, 5.41) is 3.55. The molecule has 6 aromatic rings. The van der Waals surface area contributed by atoms with Crippen molar-refractivity contribution < 1.29 is 4.42 Å². The van der Waals surface area contributed by atoms with Crippen molar-refractivity contribution in [3.05, 3.63) is 103 Å². The van der Waals surface area contributed by atoms with Crippen molar-refractivity contribution in [3.8, 4) is 16.8 Å². The summed E-state index contributed by atoms with van der Waals surface area (Å²) in [7, 11) is 0. The van der Waals surface area contributed by atoms with Gasteiger partial charge in [-0.05, 0) is 23.8 Å². The monoisotopic (exact) mass is 359 g/mol. The van der Waals surface area contributed by atoms with Gasteiger partial charge >= 0.3 is 0 Å². The van der Waals surface area contributed by atoms with Crippen LogP contribution in [0.25, 0.3) is 49.8 Å². The highest BCUT2D eigenvalue weighted by Gasteiger charge is 2.20. The quantitative estimate of drug-likeness (QED) is 0.320. The second-order valence-electron chi connectivity index (χ2n) is 7.01. The highest BCUT2D eigenvalue weighted by molar-refractivity contribution is 6.20. The second-order valence-corrected chi connectivity index (χ2v) is 7.01. The molecule has 0 saturated heterocycles. The van der Waals surface area contributed by atoms with Crippen LogP contribution in [0.5, 0.6) is 0 Å². The first kappa shape index (κ1) is 15.3. The zero-order valence-corrected chi connectivity index (χ0v) is 15.2. The molecular weight excluding hydrogens is 342 g/mol. The summed E-state index contributed by atoms with van der Waals surface area (Å²) < 4.78 is 8.63. The van der Waals surface area contributed by atoms with Gasteiger partial charge in [0.05, 0.1) is 16.6 Å². The van der Waals surface area contributed by atoms with Gasteiger partial charge < -0.3 is 4.42 Å². The smallest absolute Gasteiger partial charge is 0.213 e. The SMILES string of the molecule is c1ccc(-c2ccccc2-n2c3ccccc3c3c4ccccc4oc32)cc1. The molecule has 0 fully saturated rings. The van der Waals surface area contributed by atoms with Crippen LogP contribution in [-0.2, 0) is 0 Å². The highest BCUT2D eigenvalue weighted by atomic mass is 16.3. The van der Waals surface area contributed by atoms with E-state index in [1.165, 1.54) is 21.9 Å². The van der Waals surface area contributed by atoms with E-state index in [0.717, 1.165) is 27.9 Å². The molecule has 2 heterocycles. The molecule has 0 aliphatic carbocycles. The Bertz CT molecular complexity index is 1450. The number of aromatic nitrogens is 1. The summed E-state index contributed by atoms with van der Waals surface area (Å²) in [6.45, 7) is 0. The summed E-state index contributed by atoms with van der Waals surface area (Å²) in [4.78, 5) is 0. The number of nitrogens with zero attached hydrogens (tertiary/aromatic N) is 1. The van der Waals surface area contributed by atoms with Crippen molar-refractivity contribution in [2.45, 2.75) is 0 Å². The lowest BCUT2D eigenvalue weighted by atomic mass is 10.0. The van der Waals surface area contributed by atoms with E-state index < -0.39 is 0 Å². The fraction of sp³-hybridized carbons (Fsp3) is 0. The number of hydrogen-bond donors (Lipinski definition) is 0. The normalized spacial score (nSPS) is 11.6. The van der Waals surface area contributed by atoms with Gasteiger partial charge in [0.2, 0.25) is 5.71 Å². The number of hydrogen-bond acceptors (Lipinski definition) is 1. The van der Waals surface area contributed by atoms with Crippen LogP contribution in [-0.4, -0.2) is 4.57 Å². The molecule has 132 valence electrons. The number of benzene rings is 4. The van der Waals surface area contributed by atoms with Crippen molar-refractivity contribution in [1.82, 2.24) is 4.57 Å². The molecule has 2 heteroatoms. The van der Waals surface area contributed by atoms with Crippen molar-refractivity contribution in [2.24, 2.45) is 0 Å². The first-order valence-corrected chi connectivity index (χ1v) is 9.47. The van der Waals surface area contributed by atoms with Gasteiger partial charge in [0.1, 0.15) is 5.58 Å². The Kier molecular flexibility index (Phi) is 3.20. The molecule has 6 rings (SSSR count). The molecule has 0 bridgehead atoms. The van der Waals surface area contributed by atoms with Crippen LogP contribution < -0.4 is 0 Å². The minimum atomic E-state index is 0.894. The Morgan fingerprint density at radius 2 is 1.25 bits per heavy atom. The molecule has 0 aliphatic heterocycles. The Hall–Kier alpha value is -3.78. The third-order valence-electron chi connectivity index (χ3n) is 5.42. The van der Waals surface area contributed by atoms with E-state index in [1.54, 1.807) is 0 Å². The first-order valence-electron chi connectivity index (χ1n) is 9.47. The summed E-state index contributed by atoms with van der Waals surface area (Å²) in [5.74, 6) is 0. The van der Waals surface area contributed by atoms with Gasteiger partial charge in [-0.15, -0.1) is 0 Å². The summed E-state index contributed by atoms with van der Waals surface area (Å²) >= 11 is 0. The molecular formula is C26H17NO. The van der Waals surface area contributed by atoms with Gasteiger partial charge in [-0.1, -0.05) is 84.9 Å². The Morgan fingerprint density at radius 1 is 0.571 bits per heavy atom. The molecule has 0 amide bonds. The molecule has 0 atom stereocenters. The third kappa shape index (κ3) is 2.09. The van der Waals surface area contributed by atoms with E-state index in [0.29, 0.717) is 0 Å². The fourth-order valence-corrected chi connectivity index (χ4v) is 4.21. The van der Waals surface area contributed by atoms with E-state index in [1.807, 2.05) is 12.1 Å². The van der Waals surface area contributed by atoms with Crippen molar-refractivity contribution in [1.29, 1.82) is 0 Å². The molecule has 0 aliphatic rings. The molecule has 0 unspecified atom stereocenters. The second kappa shape index (κ2) is 5.86. The van der Waals surface area contributed by atoms with Gasteiger partial charge in [0, 0.05) is 16.3 Å². The van der Waals surface area contributed by atoms with Crippen LogP contribution in [0.3, 0.4) is 0 Å². The Balaban J connectivity index is 1.79. The van der Waals surface area contributed by atoms with E-state index in [4.69, 9.17) is 4.42 Å². The van der Waals surface area contributed by atoms with Crippen molar-refractivity contribution >= 4 is 33.0 Å². The molecule has 4 aromatic carbocycles. The minimum absolute atomic E-state index is 0.894. The predicted octanol–water partition coefficient (Wildman–Crippen LogP) is 7.20. The zero-order valence-electron chi connectivity index (χ0n) is 15.2. The van der Waals surface area contributed by atoms with E-state index in [9.17, 15) is 0 Å². The lowest BCUT2D eigenvalue weighted by Gasteiger charge is -2.12. The maximum Gasteiger partial charge on any atom is 0.213 e. The summed E-state index contributed by atoms with van der Waals surface area (Å²) in [6, 6.07) is 35.8. The van der Waals surface area contributed by atoms with Gasteiger partial charge in [0.15, 0.2) is 0 Å². The van der Waals surface area contributed by atoms with Crippen LogP contribution in [0.2, 0.25) is 0 Å². The van der Waals surface area contributed by atoms with E-state index >= 15 is 0 Å². The topological polar surface area (TPSA) is 18.1 Å². The summed E-state index contributed by atoms with van der Waals surface area (Å²) in [5.41, 5.74) is 6.48. The Morgan fingerprint density at radius 3 is 2.14 bits per heavy atom. The summed E-state index contributed by atoms with van der Waals surface area (Å²) in [6.07, 6.45) is 0. The van der Waals surface area contributed by atoms with E-state index in [-0.39, 0.29) is 0 Å². The first-order chi connectivity index (χ1) is 13.9. The molecule has 0 radical (unpaired) electrons. The maximum absolute atomic E-state index is 6.38. The van der Waals surface area contributed by atoms with Gasteiger partial charge in [-0.25, -0.2) is 0 Å². The third-order valence-corrected chi connectivity index (χ3v) is 5.42. The van der Waals surface area contributed by atoms with Crippen LogP contribution in [0.4, 0.5) is 0 Å². The van der Waals surface area contributed by atoms with Gasteiger partial charge in [-0.2, -0.15) is 0 Å². The molecule has 28 heavy (non-hydrogen) atoms. The molecule has 0 N–H and O–H groups in total. The maximum atomic E-state index is 6.38. The largest absolute Gasteiger partial charge is 0.439 e.